The highest BCUT2D eigenvalue weighted by atomic mass is 16.4. The molecule has 0 aromatic heterocycles. The third kappa shape index (κ3) is 2.65. The average Bonchev–Trinajstić information content (AvgIpc) is 2.18. The summed E-state index contributed by atoms with van der Waals surface area (Å²) in [5.74, 6) is -1.03. The molecule has 0 aromatic rings. The summed E-state index contributed by atoms with van der Waals surface area (Å²) in [7, 11) is 0. The van der Waals surface area contributed by atoms with Crippen LogP contribution in [0.25, 0.3) is 5.53 Å². The zero-order valence-electron chi connectivity index (χ0n) is 7.55. The summed E-state index contributed by atoms with van der Waals surface area (Å²) in [6, 6.07) is -0.896. The number of carboxylic acid groups (broad SMARTS) is 1. The molecule has 0 amide bonds. The highest BCUT2D eigenvalue weighted by Crippen LogP contribution is 2.14. The van der Waals surface area contributed by atoms with Crippen molar-refractivity contribution in [2.45, 2.75) is 18.9 Å². The van der Waals surface area contributed by atoms with Crippen molar-refractivity contribution >= 4 is 11.7 Å². The van der Waals surface area contributed by atoms with Crippen molar-refractivity contribution in [3.8, 4) is 0 Å². The minimum Gasteiger partial charge on any atom is -0.480 e. The summed E-state index contributed by atoms with van der Waals surface area (Å²) in [5.41, 5.74) is 15.3. The summed E-state index contributed by atoms with van der Waals surface area (Å²) in [4.78, 5) is 13.5. The van der Waals surface area contributed by atoms with Gasteiger partial charge in [-0.1, -0.05) is 17.7 Å². The van der Waals surface area contributed by atoms with Gasteiger partial charge in [-0.3, -0.25) is 4.79 Å². The predicted molar refractivity (Wildman–Crippen MR) is 50.7 cm³/mol. The number of nitrogens with two attached hydrogens (primary N) is 1. The van der Waals surface area contributed by atoms with Crippen LogP contribution < -0.4 is 5.73 Å². The molecular weight excluding hydrogens is 182 g/mol. The Labute approximate surface area is 81.2 Å². The molecule has 5 heteroatoms. The van der Waals surface area contributed by atoms with Gasteiger partial charge in [-0.25, -0.2) is 0 Å². The topological polar surface area (TPSA) is 99.7 Å². The molecule has 0 saturated carbocycles. The number of allylic oxidation sites excluding steroid dienone is 3. The summed E-state index contributed by atoms with van der Waals surface area (Å²) in [6.07, 6.45) is 5.89. The monoisotopic (exact) mass is 193 g/mol. The average molecular weight is 193 g/mol. The molecule has 0 unspecified atom stereocenters. The molecular formula is C9H11N3O2. The quantitative estimate of drug-likeness (QED) is 0.499. The Bertz CT molecular complexity index is 351. The summed E-state index contributed by atoms with van der Waals surface area (Å²) in [5, 5.41) is 8.59. The first kappa shape index (κ1) is 10.4. The van der Waals surface area contributed by atoms with Gasteiger partial charge in [-0.05, 0) is 6.42 Å². The van der Waals surface area contributed by atoms with Crippen LogP contribution in [0.3, 0.4) is 0 Å². The van der Waals surface area contributed by atoms with E-state index in [1.807, 2.05) is 0 Å². The van der Waals surface area contributed by atoms with E-state index >= 15 is 0 Å². The second-order valence-electron chi connectivity index (χ2n) is 3.10. The van der Waals surface area contributed by atoms with E-state index in [0.29, 0.717) is 12.1 Å². The molecule has 5 nitrogen and oxygen atoms in total. The normalized spacial score (nSPS) is 17.2. The molecule has 0 aromatic carbocycles. The molecule has 0 spiro atoms. The Morgan fingerprint density at radius 2 is 2.50 bits per heavy atom. The number of nitrogens with zero attached hydrogens (tertiary/aromatic N) is 2. The number of carboxylic acids is 1. The third-order valence-corrected chi connectivity index (χ3v) is 1.96. The number of carbonyl (C=O) groups is 1. The van der Waals surface area contributed by atoms with E-state index in [2.05, 4.69) is 4.79 Å². The van der Waals surface area contributed by atoms with Crippen molar-refractivity contribution in [2.24, 2.45) is 5.73 Å². The van der Waals surface area contributed by atoms with Crippen LogP contribution in [0.15, 0.2) is 23.8 Å². The van der Waals surface area contributed by atoms with Gasteiger partial charge in [0.25, 0.3) is 5.71 Å². The summed E-state index contributed by atoms with van der Waals surface area (Å²) < 4.78 is 0. The molecule has 1 atom stereocenters. The molecule has 3 N–H and O–H groups in total. The van der Waals surface area contributed by atoms with Crippen LogP contribution in [0.2, 0.25) is 0 Å². The van der Waals surface area contributed by atoms with Gasteiger partial charge in [-0.2, -0.15) is 4.79 Å². The highest BCUT2D eigenvalue weighted by molar-refractivity contribution is 5.93. The second kappa shape index (κ2) is 4.50. The van der Waals surface area contributed by atoms with Crippen LogP contribution in [0.4, 0.5) is 0 Å². The van der Waals surface area contributed by atoms with Gasteiger partial charge in [0.2, 0.25) is 0 Å². The van der Waals surface area contributed by atoms with E-state index in [4.69, 9.17) is 16.4 Å². The van der Waals surface area contributed by atoms with E-state index in [1.165, 1.54) is 0 Å². The van der Waals surface area contributed by atoms with Crippen LogP contribution in [-0.2, 0) is 4.79 Å². The van der Waals surface area contributed by atoms with Gasteiger partial charge in [0.1, 0.15) is 6.04 Å². The number of rotatable bonds is 3. The van der Waals surface area contributed by atoms with E-state index in [0.717, 1.165) is 5.57 Å². The van der Waals surface area contributed by atoms with E-state index < -0.39 is 12.0 Å². The first-order chi connectivity index (χ1) is 6.63. The minimum atomic E-state index is -1.03. The lowest BCUT2D eigenvalue weighted by atomic mass is 9.97. The molecule has 74 valence electrons. The molecule has 1 aliphatic rings. The fourth-order valence-electron chi connectivity index (χ4n) is 1.22. The highest BCUT2D eigenvalue weighted by Gasteiger charge is 2.18. The number of hydrogen-bond acceptors (Lipinski definition) is 2. The van der Waals surface area contributed by atoms with Crippen molar-refractivity contribution in [1.29, 1.82) is 0 Å². The SMILES string of the molecule is [N-]=[N+]=C1C=CC=C(C[C@H](N)C(=O)O)C1. The van der Waals surface area contributed by atoms with Gasteiger partial charge < -0.3 is 16.4 Å². The Kier molecular flexibility index (Phi) is 3.34. The number of aliphatic carboxylic acids is 1. The predicted octanol–water partition coefficient (Wildman–Crippen LogP) is 0.345. The summed E-state index contributed by atoms with van der Waals surface area (Å²) >= 11 is 0. The molecule has 0 radical (unpaired) electrons. The third-order valence-electron chi connectivity index (χ3n) is 1.96. The molecule has 0 aliphatic heterocycles. The van der Waals surface area contributed by atoms with Crippen molar-refractivity contribution < 1.29 is 14.7 Å². The Balaban J connectivity index is 2.63. The Morgan fingerprint density at radius 3 is 3.07 bits per heavy atom. The van der Waals surface area contributed by atoms with Crippen LogP contribution in [-0.4, -0.2) is 27.6 Å². The molecule has 0 heterocycles. The maximum atomic E-state index is 10.5. The van der Waals surface area contributed by atoms with Crippen molar-refractivity contribution in [1.82, 2.24) is 0 Å². The number of hydrogen-bond donors (Lipinski definition) is 2. The molecule has 0 bridgehead atoms. The molecule has 0 saturated heterocycles. The first-order valence-electron chi connectivity index (χ1n) is 4.19. The Morgan fingerprint density at radius 1 is 1.79 bits per heavy atom. The minimum absolute atomic E-state index is 0.276. The zero-order valence-corrected chi connectivity index (χ0v) is 7.55. The van der Waals surface area contributed by atoms with Gasteiger partial charge in [0.15, 0.2) is 0 Å². The van der Waals surface area contributed by atoms with Gasteiger partial charge in [-0.15, -0.1) is 0 Å². The molecule has 14 heavy (non-hydrogen) atoms. The lowest BCUT2D eigenvalue weighted by molar-refractivity contribution is -0.138. The van der Waals surface area contributed by atoms with Crippen LogP contribution in [0, 0.1) is 0 Å². The van der Waals surface area contributed by atoms with Gasteiger partial charge >= 0.3 is 5.97 Å². The lowest BCUT2D eigenvalue weighted by Crippen LogP contribution is -2.30. The smallest absolute Gasteiger partial charge is 0.320 e. The van der Waals surface area contributed by atoms with E-state index in [1.54, 1.807) is 18.2 Å². The molecule has 1 rings (SSSR count). The maximum absolute atomic E-state index is 10.5. The zero-order chi connectivity index (χ0) is 10.6. The van der Waals surface area contributed by atoms with Crippen LogP contribution in [0.1, 0.15) is 12.8 Å². The van der Waals surface area contributed by atoms with E-state index in [-0.39, 0.29) is 6.42 Å². The maximum Gasteiger partial charge on any atom is 0.320 e. The second-order valence-corrected chi connectivity index (χ2v) is 3.10. The summed E-state index contributed by atoms with van der Waals surface area (Å²) in [6.45, 7) is 0. The van der Waals surface area contributed by atoms with Crippen LogP contribution >= 0.6 is 0 Å². The van der Waals surface area contributed by atoms with Crippen LogP contribution in [0.5, 0.6) is 0 Å². The first-order valence-corrected chi connectivity index (χ1v) is 4.19. The van der Waals surface area contributed by atoms with Gasteiger partial charge in [0, 0.05) is 6.08 Å². The van der Waals surface area contributed by atoms with Gasteiger partial charge in [0.05, 0.1) is 6.42 Å². The fourth-order valence-corrected chi connectivity index (χ4v) is 1.22. The van der Waals surface area contributed by atoms with Crippen molar-refractivity contribution in [2.75, 3.05) is 0 Å². The molecule has 1 aliphatic carbocycles. The lowest BCUT2D eigenvalue weighted by Gasteiger charge is -2.09. The standard InChI is InChI=1S/C9H11N3O2/c10-8(9(13)14)5-6-2-1-3-7(4-6)12-11/h1-3,8H,4-5,10H2,(H,13,14)/t8-/m0/s1. The van der Waals surface area contributed by atoms with Crippen molar-refractivity contribution in [3.05, 3.63) is 29.3 Å². The molecule has 0 fully saturated rings. The van der Waals surface area contributed by atoms with E-state index in [9.17, 15) is 4.79 Å². The largest absolute Gasteiger partial charge is 0.480 e. The van der Waals surface area contributed by atoms with Crippen molar-refractivity contribution in [3.63, 3.8) is 0 Å². The fraction of sp³-hybridized carbons (Fsp3) is 0.333. The Hall–Kier alpha value is -1.71.